The first-order valence-electron chi connectivity index (χ1n) is 13.6. The fourth-order valence-corrected chi connectivity index (χ4v) is 5.87. The molecule has 2 atom stereocenters. The molecule has 2 fully saturated rings. The van der Waals surface area contributed by atoms with E-state index in [0.717, 1.165) is 67.2 Å². The fraction of sp³-hybridized carbons (Fsp3) is 0.607. The van der Waals surface area contributed by atoms with Gasteiger partial charge in [-0.15, -0.1) is 0 Å². The van der Waals surface area contributed by atoms with Crippen LogP contribution in [0.25, 0.3) is 21.8 Å². The number of aromatic nitrogens is 3. The van der Waals surface area contributed by atoms with Crippen LogP contribution in [-0.2, 0) is 0 Å². The first-order valence-corrected chi connectivity index (χ1v) is 13.6. The minimum atomic E-state index is -0.281. The van der Waals surface area contributed by atoms with Gasteiger partial charge in [0.2, 0.25) is 5.95 Å². The highest BCUT2D eigenvalue weighted by Crippen LogP contribution is 2.33. The van der Waals surface area contributed by atoms with Crippen molar-refractivity contribution in [1.29, 1.82) is 0 Å². The molecular formula is C28H40N6O2. The summed E-state index contributed by atoms with van der Waals surface area (Å²) < 4.78 is 1.90. The van der Waals surface area contributed by atoms with Crippen molar-refractivity contribution < 1.29 is 5.11 Å². The van der Waals surface area contributed by atoms with Crippen molar-refractivity contribution in [2.45, 2.75) is 83.5 Å². The van der Waals surface area contributed by atoms with Crippen LogP contribution in [0.15, 0.2) is 29.2 Å². The number of anilines is 2. The summed E-state index contributed by atoms with van der Waals surface area (Å²) in [4.78, 5) is 28.4. The molecule has 2 aromatic heterocycles. The van der Waals surface area contributed by atoms with Gasteiger partial charge in [0, 0.05) is 55.0 Å². The SMILES string of the molecule is CCCCNc1ncc2c3ccc(N4CC(C)N(C)CC4C)cc3c(=O)n(C3CCC(O)CC3)c2n1. The second-order valence-corrected chi connectivity index (χ2v) is 10.9. The summed E-state index contributed by atoms with van der Waals surface area (Å²) in [6.45, 7) is 9.39. The minimum Gasteiger partial charge on any atom is -0.393 e. The molecule has 3 aromatic rings. The maximum Gasteiger partial charge on any atom is 0.260 e. The van der Waals surface area contributed by atoms with Crippen LogP contribution in [0.4, 0.5) is 11.6 Å². The highest BCUT2D eigenvalue weighted by molar-refractivity contribution is 6.05. The van der Waals surface area contributed by atoms with Gasteiger partial charge in [0.05, 0.1) is 11.5 Å². The van der Waals surface area contributed by atoms with Crippen molar-refractivity contribution in [3.05, 3.63) is 34.7 Å². The lowest BCUT2D eigenvalue weighted by Crippen LogP contribution is -2.55. The Hall–Kier alpha value is -2.71. The molecule has 5 rings (SSSR count). The van der Waals surface area contributed by atoms with Crippen LogP contribution in [0.3, 0.4) is 0 Å². The average molecular weight is 493 g/mol. The molecule has 1 aliphatic carbocycles. The van der Waals surface area contributed by atoms with E-state index in [1.54, 1.807) is 0 Å². The monoisotopic (exact) mass is 492 g/mol. The van der Waals surface area contributed by atoms with Gasteiger partial charge in [0.1, 0.15) is 5.65 Å². The van der Waals surface area contributed by atoms with E-state index in [-0.39, 0.29) is 17.7 Å². The van der Waals surface area contributed by atoms with Crippen LogP contribution in [0.5, 0.6) is 0 Å². The third kappa shape index (κ3) is 4.68. The van der Waals surface area contributed by atoms with E-state index in [4.69, 9.17) is 4.98 Å². The molecule has 1 saturated heterocycles. The minimum absolute atomic E-state index is 0.00813. The zero-order valence-corrected chi connectivity index (χ0v) is 22.1. The van der Waals surface area contributed by atoms with Gasteiger partial charge >= 0.3 is 0 Å². The lowest BCUT2D eigenvalue weighted by Gasteiger charge is -2.44. The largest absolute Gasteiger partial charge is 0.393 e. The highest BCUT2D eigenvalue weighted by atomic mass is 16.3. The van der Waals surface area contributed by atoms with Crippen LogP contribution in [0, 0.1) is 0 Å². The van der Waals surface area contributed by atoms with Crippen LogP contribution < -0.4 is 15.8 Å². The van der Waals surface area contributed by atoms with Crippen molar-refractivity contribution >= 4 is 33.4 Å². The Bertz CT molecular complexity index is 1280. The number of aliphatic hydroxyl groups excluding tert-OH is 1. The quantitative estimate of drug-likeness (QED) is 0.395. The number of hydrogen-bond acceptors (Lipinski definition) is 7. The summed E-state index contributed by atoms with van der Waals surface area (Å²) in [5, 5.41) is 16.0. The third-order valence-electron chi connectivity index (χ3n) is 8.21. The molecular weight excluding hydrogens is 452 g/mol. The number of nitrogens with one attached hydrogen (secondary N) is 1. The van der Waals surface area contributed by atoms with Gasteiger partial charge in [-0.2, -0.15) is 4.98 Å². The number of rotatable bonds is 6. The molecule has 0 spiro atoms. The Morgan fingerprint density at radius 2 is 1.83 bits per heavy atom. The molecule has 2 aliphatic rings. The summed E-state index contributed by atoms with van der Waals surface area (Å²) in [7, 11) is 2.18. The summed E-state index contributed by atoms with van der Waals surface area (Å²) in [6.07, 6.45) is 6.68. The number of aliphatic hydroxyl groups is 1. The standard InChI is InChI=1S/C28H40N6O2/c1-5-6-13-29-28-30-15-25-23-12-9-21(33-17-18(2)32(4)16-19(33)3)14-24(23)27(36)34(26(25)31-28)20-7-10-22(35)11-8-20/h9,12,14-15,18-20,22,35H,5-8,10-11,13,16-17H2,1-4H3,(H,29,30,31). The summed E-state index contributed by atoms with van der Waals surface area (Å²) in [5.74, 6) is 0.566. The zero-order valence-electron chi connectivity index (χ0n) is 22.1. The molecule has 2 unspecified atom stereocenters. The summed E-state index contributed by atoms with van der Waals surface area (Å²) in [5.41, 5.74) is 1.79. The lowest BCUT2D eigenvalue weighted by molar-refractivity contribution is 0.111. The van der Waals surface area contributed by atoms with Gasteiger partial charge in [-0.05, 0) is 70.5 Å². The summed E-state index contributed by atoms with van der Waals surface area (Å²) >= 11 is 0. The maximum absolute atomic E-state index is 14.1. The Morgan fingerprint density at radius 3 is 2.58 bits per heavy atom. The van der Waals surface area contributed by atoms with E-state index in [9.17, 15) is 9.90 Å². The number of pyridine rings is 1. The van der Waals surface area contributed by atoms with E-state index in [0.29, 0.717) is 36.5 Å². The van der Waals surface area contributed by atoms with Gasteiger partial charge in [-0.3, -0.25) is 14.3 Å². The van der Waals surface area contributed by atoms with Crippen molar-refractivity contribution in [1.82, 2.24) is 19.4 Å². The number of unbranched alkanes of at least 4 members (excludes halogenated alkanes) is 1. The second kappa shape index (κ2) is 10.3. The number of benzene rings is 1. The molecule has 0 bridgehead atoms. The van der Waals surface area contributed by atoms with E-state index < -0.39 is 0 Å². The first-order chi connectivity index (χ1) is 17.4. The van der Waals surface area contributed by atoms with E-state index in [2.05, 4.69) is 66.1 Å². The lowest BCUT2D eigenvalue weighted by atomic mass is 9.92. The van der Waals surface area contributed by atoms with Gasteiger partial charge in [-0.25, -0.2) is 4.98 Å². The number of nitrogens with zero attached hydrogens (tertiary/aromatic N) is 5. The molecule has 0 amide bonds. The Morgan fingerprint density at radius 1 is 1.06 bits per heavy atom. The third-order valence-corrected chi connectivity index (χ3v) is 8.21. The topological polar surface area (TPSA) is 86.5 Å². The van der Waals surface area contributed by atoms with Gasteiger partial charge in [0.25, 0.3) is 5.56 Å². The van der Waals surface area contributed by atoms with E-state index >= 15 is 0 Å². The van der Waals surface area contributed by atoms with Crippen LogP contribution in [0.2, 0.25) is 0 Å². The Balaban J connectivity index is 1.64. The van der Waals surface area contributed by atoms with Crippen molar-refractivity contribution in [3.8, 4) is 0 Å². The molecule has 1 aliphatic heterocycles. The van der Waals surface area contributed by atoms with Crippen molar-refractivity contribution in [2.75, 3.05) is 36.9 Å². The molecule has 8 nitrogen and oxygen atoms in total. The van der Waals surface area contributed by atoms with Gasteiger partial charge in [0.15, 0.2) is 0 Å². The highest BCUT2D eigenvalue weighted by Gasteiger charge is 2.28. The maximum atomic E-state index is 14.1. The zero-order chi connectivity index (χ0) is 25.4. The van der Waals surface area contributed by atoms with Gasteiger partial charge in [-0.1, -0.05) is 19.4 Å². The van der Waals surface area contributed by atoms with Gasteiger partial charge < -0.3 is 15.3 Å². The Labute approximate surface area is 213 Å². The predicted octanol–water partition coefficient (Wildman–Crippen LogP) is 4.16. The number of piperazine rings is 1. The predicted molar refractivity (Wildman–Crippen MR) is 147 cm³/mol. The van der Waals surface area contributed by atoms with Crippen molar-refractivity contribution in [2.24, 2.45) is 0 Å². The summed E-state index contributed by atoms with van der Waals surface area (Å²) in [6, 6.07) is 7.14. The number of likely N-dealkylation sites (N-methyl/N-ethyl adjacent to an activating group) is 1. The molecule has 0 radical (unpaired) electrons. The molecule has 3 heterocycles. The first kappa shape index (κ1) is 25.0. The fourth-order valence-electron chi connectivity index (χ4n) is 5.87. The van der Waals surface area contributed by atoms with Crippen LogP contribution in [0.1, 0.15) is 65.3 Å². The molecule has 8 heteroatoms. The Kier molecular flexibility index (Phi) is 7.17. The molecule has 1 aromatic carbocycles. The van der Waals surface area contributed by atoms with Crippen LogP contribution >= 0.6 is 0 Å². The van der Waals surface area contributed by atoms with Crippen LogP contribution in [-0.4, -0.2) is 69.4 Å². The molecule has 36 heavy (non-hydrogen) atoms. The van der Waals surface area contributed by atoms with Crippen molar-refractivity contribution in [3.63, 3.8) is 0 Å². The van der Waals surface area contributed by atoms with E-state index in [1.165, 1.54) is 0 Å². The second-order valence-electron chi connectivity index (χ2n) is 10.9. The average Bonchev–Trinajstić information content (AvgIpc) is 2.87. The van der Waals surface area contributed by atoms with E-state index in [1.807, 2.05) is 10.8 Å². The number of fused-ring (bicyclic) bond motifs is 3. The smallest absolute Gasteiger partial charge is 0.260 e. The molecule has 2 N–H and O–H groups in total. The number of hydrogen-bond donors (Lipinski definition) is 2. The molecule has 194 valence electrons. The molecule has 1 saturated carbocycles. The normalized spacial score (nSPS) is 25.5.